The number of nitrogens with two attached hydrogens (primary N) is 1. The summed E-state index contributed by atoms with van der Waals surface area (Å²) in [7, 11) is 0. The lowest BCUT2D eigenvalue weighted by Crippen LogP contribution is -2.14. The van der Waals surface area contributed by atoms with Crippen molar-refractivity contribution in [3.05, 3.63) is 10.7 Å². The van der Waals surface area contributed by atoms with Crippen LogP contribution in [0.3, 0.4) is 0 Å². The third kappa shape index (κ3) is 4.32. The average Bonchev–Trinajstić information content (AvgIpc) is 2.10. The van der Waals surface area contributed by atoms with Crippen molar-refractivity contribution in [3.63, 3.8) is 0 Å². The van der Waals surface area contributed by atoms with E-state index in [1.807, 2.05) is 20.0 Å². The van der Waals surface area contributed by atoms with Crippen LogP contribution < -0.4 is 5.73 Å². The number of nitrogens with zero attached hydrogens (tertiary/aromatic N) is 1. The molecule has 3 heteroatoms. The molecule has 0 amide bonds. The van der Waals surface area contributed by atoms with Gasteiger partial charge in [-0.25, -0.2) is 0 Å². The van der Waals surface area contributed by atoms with E-state index in [4.69, 9.17) is 5.73 Å². The van der Waals surface area contributed by atoms with Crippen LogP contribution in [0.25, 0.3) is 0 Å². The van der Waals surface area contributed by atoms with E-state index in [1.165, 1.54) is 4.48 Å². The fraction of sp³-hybridized carbons (Fsp3) is 0.625. The smallest absolute Gasteiger partial charge is 0.0369 e. The molecule has 0 aromatic heterocycles. The van der Waals surface area contributed by atoms with Crippen LogP contribution in [0.15, 0.2) is 15.7 Å². The highest BCUT2D eigenvalue weighted by Crippen LogP contribution is 2.17. The molecule has 0 fully saturated rings. The Morgan fingerprint density at radius 3 is 2.55 bits per heavy atom. The largest absolute Gasteiger partial charge is 0.325 e. The second kappa shape index (κ2) is 6.55. The second-order valence-corrected chi connectivity index (χ2v) is 2.99. The van der Waals surface area contributed by atoms with Crippen molar-refractivity contribution in [1.82, 2.24) is 0 Å². The van der Waals surface area contributed by atoms with E-state index in [1.54, 1.807) is 0 Å². The Hall–Kier alpha value is -0.150. The van der Waals surface area contributed by atoms with Gasteiger partial charge in [0.1, 0.15) is 0 Å². The van der Waals surface area contributed by atoms with Crippen molar-refractivity contribution in [3.8, 4) is 0 Å². The van der Waals surface area contributed by atoms with Gasteiger partial charge in [0.2, 0.25) is 0 Å². The quantitative estimate of drug-likeness (QED) is 0.722. The first-order valence-corrected chi connectivity index (χ1v) is 4.72. The maximum atomic E-state index is 5.37. The molecule has 2 nitrogen and oxygen atoms in total. The van der Waals surface area contributed by atoms with Gasteiger partial charge in [-0.15, -0.1) is 0 Å². The molecule has 1 rings (SSSR count). The van der Waals surface area contributed by atoms with E-state index in [0.717, 1.165) is 18.6 Å². The van der Waals surface area contributed by atoms with Gasteiger partial charge in [0, 0.05) is 22.9 Å². The lowest BCUT2D eigenvalue weighted by Gasteiger charge is -2.06. The number of hydrogen-bond acceptors (Lipinski definition) is 2. The Kier molecular flexibility index (Phi) is 6.46. The van der Waals surface area contributed by atoms with Gasteiger partial charge in [-0.3, -0.25) is 4.99 Å². The lowest BCUT2D eigenvalue weighted by molar-refractivity contribution is 1.02. The summed E-state index contributed by atoms with van der Waals surface area (Å²) in [6.45, 7) is 4.59. The molecule has 1 aliphatic rings. The van der Waals surface area contributed by atoms with E-state index in [9.17, 15) is 0 Å². The molecule has 0 radical (unpaired) electrons. The third-order valence-electron chi connectivity index (χ3n) is 1.28. The van der Waals surface area contributed by atoms with Crippen molar-refractivity contribution in [2.24, 2.45) is 10.7 Å². The normalized spacial score (nSPS) is 16.0. The van der Waals surface area contributed by atoms with Crippen molar-refractivity contribution in [2.45, 2.75) is 26.7 Å². The Bertz CT molecular complexity index is 161. The summed E-state index contributed by atoms with van der Waals surface area (Å²) in [5, 5.41) is 0. The molecular formula is C8H15BrN2. The summed E-state index contributed by atoms with van der Waals surface area (Å²) in [6.07, 6.45) is 3.88. The predicted octanol–water partition coefficient (Wildman–Crippen LogP) is 2.44. The van der Waals surface area contributed by atoms with Gasteiger partial charge in [0.25, 0.3) is 0 Å². The van der Waals surface area contributed by atoms with Gasteiger partial charge < -0.3 is 5.73 Å². The van der Waals surface area contributed by atoms with Gasteiger partial charge in [0.15, 0.2) is 0 Å². The number of rotatable bonds is 1. The van der Waals surface area contributed by atoms with E-state index < -0.39 is 0 Å². The van der Waals surface area contributed by atoms with E-state index in [0.29, 0.717) is 6.54 Å². The molecule has 0 atom stereocenters. The second-order valence-electron chi connectivity index (χ2n) is 1.98. The predicted molar refractivity (Wildman–Crippen MR) is 54.1 cm³/mol. The zero-order chi connectivity index (χ0) is 8.69. The Labute approximate surface area is 76.7 Å². The van der Waals surface area contributed by atoms with Crippen LogP contribution in [0.1, 0.15) is 26.7 Å². The summed E-state index contributed by atoms with van der Waals surface area (Å²) in [5.41, 5.74) is 6.47. The standard InChI is InChI=1S/C6H9BrN2.C2H6/c7-5-1-2-6(3-8)9-4-5;1-2/h4H,1-3,8H2;1-2H3. The van der Waals surface area contributed by atoms with Crippen LogP contribution in [0.4, 0.5) is 0 Å². The third-order valence-corrected chi connectivity index (χ3v) is 1.88. The highest BCUT2D eigenvalue weighted by Gasteiger charge is 2.02. The maximum Gasteiger partial charge on any atom is 0.0369 e. The molecule has 0 bridgehead atoms. The van der Waals surface area contributed by atoms with E-state index in [2.05, 4.69) is 20.9 Å². The fourth-order valence-corrected chi connectivity index (χ4v) is 1.01. The van der Waals surface area contributed by atoms with Crippen LogP contribution in [0.2, 0.25) is 0 Å². The van der Waals surface area contributed by atoms with Gasteiger partial charge in [-0.05, 0) is 12.8 Å². The number of hydrogen-bond donors (Lipinski definition) is 1. The van der Waals surface area contributed by atoms with Gasteiger partial charge in [-0.2, -0.15) is 0 Å². The fourth-order valence-electron chi connectivity index (χ4n) is 0.709. The molecule has 11 heavy (non-hydrogen) atoms. The van der Waals surface area contributed by atoms with Crippen LogP contribution in [-0.2, 0) is 0 Å². The first-order valence-electron chi connectivity index (χ1n) is 3.93. The zero-order valence-corrected chi connectivity index (χ0v) is 8.69. The molecule has 2 N–H and O–H groups in total. The monoisotopic (exact) mass is 218 g/mol. The lowest BCUT2D eigenvalue weighted by atomic mass is 10.2. The van der Waals surface area contributed by atoms with Crippen molar-refractivity contribution < 1.29 is 0 Å². The minimum Gasteiger partial charge on any atom is -0.325 e. The first kappa shape index (κ1) is 10.8. The van der Waals surface area contributed by atoms with Crippen molar-refractivity contribution in [1.29, 1.82) is 0 Å². The summed E-state index contributed by atoms with van der Waals surface area (Å²) >= 11 is 3.36. The van der Waals surface area contributed by atoms with Gasteiger partial charge >= 0.3 is 0 Å². The van der Waals surface area contributed by atoms with Gasteiger partial charge in [-0.1, -0.05) is 29.8 Å². The summed E-state index contributed by atoms with van der Waals surface area (Å²) in [6, 6.07) is 0. The topological polar surface area (TPSA) is 38.4 Å². The molecule has 0 saturated heterocycles. The highest BCUT2D eigenvalue weighted by molar-refractivity contribution is 9.11. The van der Waals surface area contributed by atoms with Crippen LogP contribution in [0, 0.1) is 0 Å². The summed E-state index contributed by atoms with van der Waals surface area (Å²) in [5.74, 6) is 0. The molecule has 0 aromatic carbocycles. The molecule has 0 unspecified atom stereocenters. The zero-order valence-electron chi connectivity index (χ0n) is 7.10. The Morgan fingerprint density at radius 2 is 2.18 bits per heavy atom. The van der Waals surface area contributed by atoms with E-state index in [-0.39, 0.29) is 0 Å². The molecule has 0 spiro atoms. The summed E-state index contributed by atoms with van der Waals surface area (Å²) < 4.78 is 1.17. The van der Waals surface area contributed by atoms with Crippen LogP contribution >= 0.6 is 15.9 Å². The summed E-state index contributed by atoms with van der Waals surface area (Å²) in [4.78, 5) is 4.11. The van der Waals surface area contributed by atoms with Crippen molar-refractivity contribution >= 4 is 21.6 Å². The van der Waals surface area contributed by atoms with Crippen molar-refractivity contribution in [2.75, 3.05) is 6.54 Å². The molecule has 64 valence electrons. The van der Waals surface area contributed by atoms with Crippen LogP contribution in [-0.4, -0.2) is 12.3 Å². The molecule has 0 aromatic rings. The SMILES string of the molecule is CC.NCC1=NC=C(Br)CC1. The van der Waals surface area contributed by atoms with Gasteiger partial charge in [0.05, 0.1) is 0 Å². The highest BCUT2D eigenvalue weighted by atomic mass is 79.9. The first-order chi connectivity index (χ1) is 5.33. The minimum atomic E-state index is 0.594. The minimum absolute atomic E-state index is 0.594. The molecule has 1 heterocycles. The average molecular weight is 219 g/mol. The Balaban J connectivity index is 0.000000461. The number of halogens is 1. The van der Waals surface area contributed by atoms with E-state index >= 15 is 0 Å². The number of allylic oxidation sites excluding steroid dienone is 1. The molecular weight excluding hydrogens is 204 g/mol. The molecule has 0 aliphatic carbocycles. The molecule has 1 aliphatic heterocycles. The maximum absolute atomic E-state index is 5.37. The number of aliphatic imine (C=N–C) groups is 1. The molecule has 0 saturated carbocycles. The Morgan fingerprint density at radius 1 is 1.55 bits per heavy atom. The van der Waals surface area contributed by atoms with Crippen LogP contribution in [0.5, 0.6) is 0 Å².